The molecule has 2 aromatic rings. The van der Waals surface area contributed by atoms with Crippen molar-refractivity contribution < 1.29 is 4.79 Å². The molecule has 1 heterocycles. The number of carbonyl (C=O) groups excluding carboxylic acids is 1. The molecule has 0 fully saturated rings. The minimum Gasteiger partial charge on any atom is -0.337 e. The number of amides is 1. The molecule has 0 aliphatic heterocycles. The molecule has 0 atom stereocenters. The number of rotatable bonds is 3. The monoisotopic (exact) mass is 318 g/mol. The lowest BCUT2D eigenvalue weighted by molar-refractivity contribution is 0.0786. The Morgan fingerprint density at radius 2 is 2.10 bits per heavy atom. The normalized spacial score (nSPS) is 9.86. The van der Waals surface area contributed by atoms with Gasteiger partial charge in [0.2, 0.25) is 0 Å². The molecule has 0 aliphatic carbocycles. The van der Waals surface area contributed by atoms with Crippen LogP contribution in [0.2, 0.25) is 5.02 Å². The highest BCUT2D eigenvalue weighted by Gasteiger charge is 2.12. The van der Waals surface area contributed by atoms with E-state index in [-0.39, 0.29) is 5.91 Å². The summed E-state index contributed by atoms with van der Waals surface area (Å²) in [5, 5.41) is 2.59. The highest BCUT2D eigenvalue weighted by atomic mass is 35.5. The second-order valence-electron chi connectivity index (χ2n) is 4.48. The summed E-state index contributed by atoms with van der Waals surface area (Å²) in [6.07, 6.45) is 0. The van der Waals surface area contributed by atoms with Crippen LogP contribution in [0.5, 0.6) is 0 Å². The van der Waals surface area contributed by atoms with E-state index < -0.39 is 0 Å². The molecule has 0 unspecified atom stereocenters. The average Bonchev–Trinajstić information content (AvgIpc) is 2.92. The van der Waals surface area contributed by atoms with E-state index in [9.17, 15) is 4.79 Å². The highest BCUT2D eigenvalue weighted by Crippen LogP contribution is 2.17. The zero-order valence-corrected chi connectivity index (χ0v) is 13.2. The summed E-state index contributed by atoms with van der Waals surface area (Å²) < 4.78 is 0. The van der Waals surface area contributed by atoms with E-state index in [1.807, 2.05) is 11.4 Å². The van der Waals surface area contributed by atoms with Gasteiger partial charge in [0.1, 0.15) is 0 Å². The first-order valence-corrected chi connectivity index (χ1v) is 7.63. The van der Waals surface area contributed by atoms with Gasteiger partial charge in [-0.3, -0.25) is 4.79 Å². The van der Waals surface area contributed by atoms with Gasteiger partial charge in [-0.15, -0.1) is 11.3 Å². The summed E-state index contributed by atoms with van der Waals surface area (Å²) in [5.74, 6) is 5.77. The molecule has 0 bridgehead atoms. The average molecular weight is 319 g/mol. The van der Waals surface area contributed by atoms with Gasteiger partial charge < -0.3 is 10.6 Å². The molecular weight excluding hydrogens is 304 g/mol. The summed E-state index contributed by atoms with van der Waals surface area (Å²) in [6.45, 7) is 0.899. The number of hydrogen-bond acceptors (Lipinski definition) is 3. The molecule has 108 valence electrons. The molecule has 0 aliphatic rings. The summed E-state index contributed by atoms with van der Waals surface area (Å²) in [5.41, 5.74) is 6.91. The van der Waals surface area contributed by atoms with Crippen LogP contribution in [0.4, 0.5) is 0 Å². The van der Waals surface area contributed by atoms with E-state index in [2.05, 4.69) is 11.8 Å². The van der Waals surface area contributed by atoms with Crippen LogP contribution in [-0.4, -0.2) is 24.4 Å². The lowest BCUT2D eigenvalue weighted by Crippen LogP contribution is -2.25. The Labute approximate surface area is 133 Å². The van der Waals surface area contributed by atoms with E-state index in [0.29, 0.717) is 23.7 Å². The quantitative estimate of drug-likeness (QED) is 0.884. The van der Waals surface area contributed by atoms with Crippen LogP contribution in [0.25, 0.3) is 0 Å². The van der Waals surface area contributed by atoms with Gasteiger partial charge in [0, 0.05) is 33.5 Å². The molecule has 0 radical (unpaired) electrons. The topological polar surface area (TPSA) is 46.3 Å². The third-order valence-electron chi connectivity index (χ3n) is 2.82. The minimum atomic E-state index is -0.0327. The smallest absolute Gasteiger partial charge is 0.253 e. The van der Waals surface area contributed by atoms with Gasteiger partial charge in [0.15, 0.2) is 0 Å². The standard InChI is InChI=1S/C16H15ClN2OS/c1-19(16(20)13-4-6-14(17)7-5-13)10-15-9-12(11-21-15)3-2-8-18/h4-7,9,11H,8,10,18H2,1H3. The van der Waals surface area contributed by atoms with Crippen LogP contribution in [-0.2, 0) is 6.54 Å². The summed E-state index contributed by atoms with van der Waals surface area (Å²) in [4.78, 5) is 15.0. The number of halogens is 1. The van der Waals surface area contributed by atoms with Crippen LogP contribution < -0.4 is 5.73 Å². The van der Waals surface area contributed by atoms with Gasteiger partial charge in [-0.1, -0.05) is 23.4 Å². The van der Waals surface area contributed by atoms with Crippen molar-refractivity contribution in [3.8, 4) is 11.8 Å². The van der Waals surface area contributed by atoms with E-state index in [1.165, 1.54) is 0 Å². The van der Waals surface area contributed by atoms with Gasteiger partial charge in [-0.2, -0.15) is 0 Å². The summed E-state index contributed by atoms with van der Waals surface area (Å²) >= 11 is 7.41. The Morgan fingerprint density at radius 1 is 1.38 bits per heavy atom. The lowest BCUT2D eigenvalue weighted by Gasteiger charge is -2.16. The second kappa shape index (κ2) is 7.28. The van der Waals surface area contributed by atoms with E-state index >= 15 is 0 Å². The van der Waals surface area contributed by atoms with Crippen LogP contribution in [0.3, 0.4) is 0 Å². The largest absolute Gasteiger partial charge is 0.337 e. The van der Waals surface area contributed by atoms with Gasteiger partial charge >= 0.3 is 0 Å². The molecule has 2 rings (SSSR count). The predicted octanol–water partition coefficient (Wildman–Crippen LogP) is 2.98. The molecule has 0 spiro atoms. The van der Waals surface area contributed by atoms with Crippen LogP contribution in [0.1, 0.15) is 20.8 Å². The molecule has 2 N–H and O–H groups in total. The van der Waals surface area contributed by atoms with Gasteiger partial charge in [-0.05, 0) is 30.3 Å². The summed E-state index contributed by atoms with van der Waals surface area (Å²) in [6, 6.07) is 8.88. The number of thiophene rings is 1. The third kappa shape index (κ3) is 4.33. The molecule has 0 saturated carbocycles. The second-order valence-corrected chi connectivity index (χ2v) is 5.91. The lowest BCUT2D eigenvalue weighted by atomic mass is 10.2. The van der Waals surface area contributed by atoms with Crippen molar-refractivity contribution in [1.29, 1.82) is 0 Å². The van der Waals surface area contributed by atoms with Crippen LogP contribution in [0, 0.1) is 11.8 Å². The molecule has 1 amide bonds. The highest BCUT2D eigenvalue weighted by molar-refractivity contribution is 7.10. The van der Waals surface area contributed by atoms with Gasteiger partial charge in [0.05, 0.1) is 13.1 Å². The number of hydrogen-bond donors (Lipinski definition) is 1. The minimum absolute atomic E-state index is 0.0327. The maximum atomic E-state index is 12.3. The maximum absolute atomic E-state index is 12.3. The predicted molar refractivity (Wildman–Crippen MR) is 87.5 cm³/mol. The van der Waals surface area contributed by atoms with Crippen LogP contribution in [0.15, 0.2) is 35.7 Å². The molecule has 0 saturated heterocycles. The van der Waals surface area contributed by atoms with Crippen molar-refractivity contribution in [3.05, 3.63) is 56.7 Å². The molecule has 21 heavy (non-hydrogen) atoms. The molecule has 3 nitrogen and oxygen atoms in total. The molecule has 1 aromatic carbocycles. The van der Waals surface area contributed by atoms with Gasteiger partial charge in [0.25, 0.3) is 5.91 Å². The first kappa shape index (κ1) is 15.6. The third-order valence-corrected chi connectivity index (χ3v) is 3.99. The zero-order chi connectivity index (χ0) is 15.2. The Bertz CT molecular complexity index is 682. The Morgan fingerprint density at radius 3 is 2.76 bits per heavy atom. The Hall–Kier alpha value is -1.80. The van der Waals surface area contributed by atoms with Crippen molar-refractivity contribution in [3.63, 3.8) is 0 Å². The molecule has 5 heteroatoms. The number of carbonyl (C=O) groups is 1. The Balaban J connectivity index is 2.03. The van der Waals surface area contributed by atoms with Crippen molar-refractivity contribution in [1.82, 2.24) is 4.90 Å². The van der Waals surface area contributed by atoms with Crippen molar-refractivity contribution >= 4 is 28.8 Å². The number of nitrogens with two attached hydrogens (primary N) is 1. The zero-order valence-electron chi connectivity index (χ0n) is 11.6. The van der Waals surface area contributed by atoms with Crippen molar-refractivity contribution in [2.24, 2.45) is 5.73 Å². The fraction of sp³-hybridized carbons (Fsp3) is 0.188. The van der Waals surface area contributed by atoms with Crippen LogP contribution >= 0.6 is 22.9 Å². The first-order chi connectivity index (χ1) is 10.1. The SMILES string of the molecule is CN(Cc1cc(C#CCN)cs1)C(=O)c1ccc(Cl)cc1. The number of nitrogens with zero attached hydrogens (tertiary/aromatic N) is 1. The van der Waals surface area contributed by atoms with E-state index in [0.717, 1.165) is 10.4 Å². The Kier molecular flexibility index (Phi) is 5.40. The summed E-state index contributed by atoms with van der Waals surface area (Å²) in [7, 11) is 1.78. The fourth-order valence-electron chi connectivity index (χ4n) is 1.80. The van der Waals surface area contributed by atoms with E-state index in [4.69, 9.17) is 17.3 Å². The van der Waals surface area contributed by atoms with Crippen molar-refractivity contribution in [2.45, 2.75) is 6.54 Å². The maximum Gasteiger partial charge on any atom is 0.253 e. The van der Waals surface area contributed by atoms with Gasteiger partial charge in [-0.25, -0.2) is 0 Å². The van der Waals surface area contributed by atoms with Crippen molar-refractivity contribution in [2.75, 3.05) is 13.6 Å². The van der Waals surface area contributed by atoms with E-state index in [1.54, 1.807) is 47.5 Å². The number of benzene rings is 1. The first-order valence-electron chi connectivity index (χ1n) is 6.37. The molecule has 1 aromatic heterocycles. The fourth-order valence-corrected chi connectivity index (χ4v) is 2.80. The molecular formula is C16H15ClN2OS.